The largest absolute Gasteiger partial charge is 0.461 e. The van der Waals surface area contributed by atoms with Gasteiger partial charge >= 0.3 is 0 Å². The minimum atomic E-state index is -1.91. The third-order valence-corrected chi connectivity index (χ3v) is 3.46. The SMILES string of the molecule is C=C(c1nc(C(Cl)(Cl)Cl)nc(C(Cl)(Cl)Cl)n1)c1ccc(C)o1. The van der Waals surface area contributed by atoms with Crippen LogP contribution in [-0.4, -0.2) is 15.0 Å². The molecule has 22 heavy (non-hydrogen) atoms. The van der Waals surface area contributed by atoms with Crippen LogP contribution in [0.25, 0.3) is 5.57 Å². The van der Waals surface area contributed by atoms with Crippen LogP contribution in [0.4, 0.5) is 0 Å². The smallest absolute Gasteiger partial charge is 0.250 e. The fourth-order valence-electron chi connectivity index (χ4n) is 1.47. The molecule has 0 radical (unpaired) electrons. The van der Waals surface area contributed by atoms with Gasteiger partial charge in [0.1, 0.15) is 11.5 Å². The maximum Gasteiger partial charge on any atom is 0.250 e. The monoisotopic (exact) mass is 419 g/mol. The number of alkyl halides is 6. The molecule has 0 saturated heterocycles. The topological polar surface area (TPSA) is 51.8 Å². The number of hydrogen-bond acceptors (Lipinski definition) is 4. The van der Waals surface area contributed by atoms with E-state index in [4.69, 9.17) is 74.0 Å². The van der Waals surface area contributed by atoms with Crippen molar-refractivity contribution < 1.29 is 4.42 Å². The third-order valence-electron chi connectivity index (χ3n) is 2.45. The van der Waals surface area contributed by atoms with Gasteiger partial charge in [0.25, 0.3) is 0 Å². The number of hydrogen-bond donors (Lipinski definition) is 0. The lowest BCUT2D eigenvalue weighted by atomic mass is 10.2. The van der Waals surface area contributed by atoms with E-state index >= 15 is 0 Å². The summed E-state index contributed by atoms with van der Waals surface area (Å²) in [5.41, 5.74) is 0.335. The first-order valence-electron chi connectivity index (χ1n) is 5.65. The van der Waals surface area contributed by atoms with Crippen molar-refractivity contribution >= 4 is 75.2 Å². The van der Waals surface area contributed by atoms with E-state index < -0.39 is 7.59 Å². The van der Waals surface area contributed by atoms with E-state index in [9.17, 15) is 0 Å². The molecule has 10 heteroatoms. The Morgan fingerprint density at radius 1 is 0.955 bits per heavy atom. The summed E-state index contributed by atoms with van der Waals surface area (Å²) in [5, 5.41) is 0. The number of aryl methyl sites for hydroxylation is 1. The quantitative estimate of drug-likeness (QED) is 0.602. The second-order valence-corrected chi connectivity index (χ2v) is 8.75. The van der Waals surface area contributed by atoms with E-state index in [-0.39, 0.29) is 17.5 Å². The highest BCUT2D eigenvalue weighted by atomic mass is 35.6. The highest BCUT2D eigenvalue weighted by Gasteiger charge is 2.34. The summed E-state index contributed by atoms with van der Waals surface area (Å²) < 4.78 is 1.62. The molecule has 0 atom stereocenters. The van der Waals surface area contributed by atoms with Gasteiger partial charge in [-0.25, -0.2) is 15.0 Å². The van der Waals surface area contributed by atoms with Crippen LogP contribution in [0.1, 0.15) is 29.0 Å². The second kappa shape index (κ2) is 6.34. The first kappa shape index (κ1) is 18.1. The lowest BCUT2D eigenvalue weighted by molar-refractivity contribution is 0.521. The van der Waals surface area contributed by atoms with Crippen molar-refractivity contribution in [3.63, 3.8) is 0 Å². The lowest BCUT2D eigenvalue weighted by Crippen LogP contribution is -2.17. The molecule has 0 saturated carbocycles. The fraction of sp³-hybridized carbons (Fsp3) is 0.250. The van der Waals surface area contributed by atoms with Gasteiger partial charge in [-0.15, -0.1) is 0 Å². The van der Waals surface area contributed by atoms with E-state index in [1.807, 2.05) is 0 Å². The summed E-state index contributed by atoms with van der Waals surface area (Å²) in [6.07, 6.45) is 0. The molecule has 0 aliphatic carbocycles. The van der Waals surface area contributed by atoms with E-state index in [1.165, 1.54) is 0 Å². The molecule has 118 valence electrons. The van der Waals surface area contributed by atoms with Crippen LogP contribution in [0.2, 0.25) is 0 Å². The number of furan rings is 1. The highest BCUT2D eigenvalue weighted by Crippen LogP contribution is 2.40. The van der Waals surface area contributed by atoms with Crippen LogP contribution in [0, 0.1) is 6.92 Å². The summed E-state index contributed by atoms with van der Waals surface area (Å²) >= 11 is 34.8. The number of rotatable bonds is 2. The van der Waals surface area contributed by atoms with Gasteiger partial charge in [-0.05, 0) is 19.1 Å². The van der Waals surface area contributed by atoms with Crippen molar-refractivity contribution in [2.75, 3.05) is 0 Å². The van der Waals surface area contributed by atoms with Gasteiger partial charge in [0.05, 0.1) is 5.57 Å². The van der Waals surface area contributed by atoms with Gasteiger partial charge in [0, 0.05) is 0 Å². The molecule has 0 spiro atoms. The molecule has 0 unspecified atom stereocenters. The van der Waals surface area contributed by atoms with Crippen molar-refractivity contribution in [3.8, 4) is 0 Å². The molecule has 0 amide bonds. The van der Waals surface area contributed by atoms with Gasteiger partial charge in [-0.1, -0.05) is 76.2 Å². The van der Waals surface area contributed by atoms with Gasteiger partial charge < -0.3 is 4.42 Å². The summed E-state index contributed by atoms with van der Waals surface area (Å²) in [6.45, 7) is 5.63. The van der Waals surface area contributed by atoms with Crippen LogP contribution in [0.5, 0.6) is 0 Å². The number of nitrogens with zero attached hydrogens (tertiary/aromatic N) is 3. The first-order chi connectivity index (χ1) is 9.98. The highest BCUT2D eigenvalue weighted by molar-refractivity contribution is 6.67. The Kier molecular flexibility index (Phi) is 5.22. The molecule has 0 aromatic carbocycles. The van der Waals surface area contributed by atoms with E-state index in [2.05, 4.69) is 21.5 Å². The van der Waals surface area contributed by atoms with E-state index in [0.717, 1.165) is 0 Å². The molecule has 0 bridgehead atoms. The van der Waals surface area contributed by atoms with Crippen molar-refractivity contribution in [2.24, 2.45) is 0 Å². The molecule has 2 aromatic rings. The summed E-state index contributed by atoms with van der Waals surface area (Å²) in [5.74, 6) is 0.830. The maximum absolute atomic E-state index is 5.80. The molecule has 0 aliphatic rings. The van der Waals surface area contributed by atoms with Crippen molar-refractivity contribution in [3.05, 3.63) is 47.7 Å². The minimum Gasteiger partial charge on any atom is -0.461 e. The fourth-order valence-corrected chi connectivity index (χ4v) is 1.98. The van der Waals surface area contributed by atoms with Crippen LogP contribution < -0.4 is 0 Å². The Bertz CT molecular complexity index is 684. The Labute approximate surface area is 156 Å². The molecule has 0 aliphatic heterocycles. The molecule has 2 aromatic heterocycles. The second-order valence-electron chi connectivity index (χ2n) is 4.19. The molecule has 0 N–H and O–H groups in total. The zero-order valence-electron chi connectivity index (χ0n) is 10.9. The van der Waals surface area contributed by atoms with Gasteiger partial charge in [-0.3, -0.25) is 0 Å². The van der Waals surface area contributed by atoms with E-state index in [1.54, 1.807) is 19.1 Å². The molecular weight excluding hydrogens is 415 g/mol. The van der Waals surface area contributed by atoms with Crippen LogP contribution >= 0.6 is 69.6 Å². The third kappa shape index (κ3) is 4.19. The molecule has 2 rings (SSSR count). The summed E-state index contributed by atoms with van der Waals surface area (Å²) in [7, 11) is 0. The van der Waals surface area contributed by atoms with Gasteiger partial charge in [0.15, 0.2) is 17.5 Å². The Morgan fingerprint density at radius 3 is 1.82 bits per heavy atom. The number of aromatic nitrogens is 3. The van der Waals surface area contributed by atoms with E-state index in [0.29, 0.717) is 17.1 Å². The summed E-state index contributed by atoms with van der Waals surface area (Å²) in [6, 6.07) is 3.46. The van der Waals surface area contributed by atoms with Crippen molar-refractivity contribution in [1.82, 2.24) is 15.0 Å². The molecular formula is C12H7Cl6N3O. The van der Waals surface area contributed by atoms with Crippen molar-refractivity contribution in [2.45, 2.75) is 14.5 Å². The standard InChI is InChI=1S/C12H7Cl6N3O/c1-5-3-4-7(22-5)6(2)8-19-9(11(13,14)15)21-10(20-8)12(16,17)18/h3-4H,2H2,1H3. The van der Waals surface area contributed by atoms with Gasteiger partial charge in [0.2, 0.25) is 7.59 Å². The molecule has 2 heterocycles. The molecule has 0 fully saturated rings. The van der Waals surface area contributed by atoms with Crippen LogP contribution in [0.3, 0.4) is 0 Å². The predicted octanol–water partition coefficient (Wildman–Crippen LogP) is 5.49. The zero-order valence-corrected chi connectivity index (χ0v) is 15.4. The predicted molar refractivity (Wildman–Crippen MR) is 89.9 cm³/mol. The van der Waals surface area contributed by atoms with Crippen LogP contribution in [-0.2, 0) is 7.59 Å². The minimum absolute atomic E-state index is 0.0759. The van der Waals surface area contributed by atoms with Gasteiger partial charge in [-0.2, -0.15) is 0 Å². The summed E-state index contributed by atoms with van der Waals surface area (Å²) in [4.78, 5) is 12.0. The normalized spacial score (nSPS) is 12.5. The lowest BCUT2D eigenvalue weighted by Gasteiger charge is -2.15. The molecule has 4 nitrogen and oxygen atoms in total. The van der Waals surface area contributed by atoms with Crippen molar-refractivity contribution in [1.29, 1.82) is 0 Å². The Morgan fingerprint density at radius 2 is 1.45 bits per heavy atom. The maximum atomic E-state index is 5.80. The zero-order chi connectivity index (χ0) is 16.7. The average molecular weight is 422 g/mol. The first-order valence-corrected chi connectivity index (χ1v) is 7.92. The van der Waals surface area contributed by atoms with Crippen LogP contribution in [0.15, 0.2) is 23.1 Å². The Balaban J connectivity index is 2.58. The average Bonchev–Trinajstić information content (AvgIpc) is 2.82. The Hall–Kier alpha value is -0.230. The number of halogens is 6.